The lowest BCUT2D eigenvalue weighted by molar-refractivity contribution is 0.301. The van der Waals surface area contributed by atoms with Crippen LogP contribution in [0.3, 0.4) is 0 Å². The number of nitrogens with one attached hydrogen (secondary N) is 1. The smallest absolute Gasteiger partial charge is 0.0548 e. The molecule has 1 aliphatic rings. The summed E-state index contributed by atoms with van der Waals surface area (Å²) in [6.45, 7) is 3.19. The molecular formula is C16H23BrClN. The summed E-state index contributed by atoms with van der Waals surface area (Å²) in [5.41, 5.74) is 1.35. The summed E-state index contributed by atoms with van der Waals surface area (Å²) in [5.74, 6) is 0.882. The van der Waals surface area contributed by atoms with Gasteiger partial charge in [-0.3, -0.25) is 0 Å². The minimum Gasteiger partial charge on any atom is -0.310 e. The molecule has 0 heterocycles. The largest absolute Gasteiger partial charge is 0.310 e. The molecule has 0 radical (unpaired) electrons. The van der Waals surface area contributed by atoms with Gasteiger partial charge >= 0.3 is 0 Å². The van der Waals surface area contributed by atoms with Gasteiger partial charge in [-0.25, -0.2) is 0 Å². The van der Waals surface area contributed by atoms with Crippen molar-refractivity contribution in [3.8, 4) is 0 Å². The van der Waals surface area contributed by atoms with Crippen molar-refractivity contribution in [2.24, 2.45) is 5.92 Å². The Bertz CT molecular complexity index is 402. The molecule has 19 heavy (non-hydrogen) atoms. The summed E-state index contributed by atoms with van der Waals surface area (Å²) >= 11 is 9.62. The fourth-order valence-corrected chi connectivity index (χ4v) is 3.58. The first-order chi connectivity index (χ1) is 9.20. The molecule has 106 valence electrons. The Morgan fingerprint density at radius 1 is 1.32 bits per heavy atom. The molecule has 1 saturated carbocycles. The molecule has 1 fully saturated rings. The minimum absolute atomic E-state index is 0.460. The van der Waals surface area contributed by atoms with Crippen LogP contribution in [0.5, 0.6) is 0 Å². The summed E-state index contributed by atoms with van der Waals surface area (Å²) in [5, 5.41) is 4.42. The van der Waals surface area contributed by atoms with Gasteiger partial charge in [-0.2, -0.15) is 0 Å². The lowest BCUT2D eigenvalue weighted by Gasteiger charge is -2.27. The van der Waals surface area contributed by atoms with E-state index in [1.807, 2.05) is 6.07 Å². The average molecular weight is 345 g/mol. The number of rotatable bonds is 5. The first-order valence-corrected chi connectivity index (χ1v) is 8.56. The zero-order valence-corrected chi connectivity index (χ0v) is 13.9. The second-order valence-corrected chi connectivity index (χ2v) is 6.79. The predicted molar refractivity (Wildman–Crippen MR) is 86.8 cm³/mol. The van der Waals surface area contributed by atoms with Gasteiger partial charge < -0.3 is 5.32 Å². The molecule has 0 amide bonds. The monoisotopic (exact) mass is 343 g/mol. The average Bonchev–Trinajstić information content (AvgIpc) is 2.43. The molecular weight excluding hydrogens is 322 g/mol. The third kappa shape index (κ3) is 4.47. The van der Waals surface area contributed by atoms with Gasteiger partial charge in [0.2, 0.25) is 0 Å². The van der Waals surface area contributed by atoms with Crippen LogP contribution in [0, 0.1) is 5.92 Å². The van der Waals surface area contributed by atoms with E-state index in [0.29, 0.717) is 6.04 Å². The Morgan fingerprint density at radius 3 is 2.68 bits per heavy atom. The molecule has 1 N–H and O–H groups in total. The summed E-state index contributed by atoms with van der Waals surface area (Å²) in [4.78, 5) is 0. The van der Waals surface area contributed by atoms with E-state index in [2.05, 4.69) is 40.3 Å². The summed E-state index contributed by atoms with van der Waals surface area (Å²) in [7, 11) is 0. The van der Waals surface area contributed by atoms with E-state index in [1.54, 1.807) is 0 Å². The van der Waals surface area contributed by atoms with Crippen LogP contribution in [0.2, 0.25) is 5.02 Å². The molecule has 0 saturated heterocycles. The molecule has 1 aromatic carbocycles. The maximum absolute atomic E-state index is 6.09. The van der Waals surface area contributed by atoms with Crippen molar-refractivity contribution in [1.82, 2.24) is 5.32 Å². The molecule has 0 aliphatic heterocycles. The molecule has 1 atom stereocenters. The second kappa shape index (κ2) is 7.66. The Morgan fingerprint density at radius 2 is 2.05 bits per heavy atom. The van der Waals surface area contributed by atoms with Crippen LogP contribution in [-0.4, -0.2) is 6.54 Å². The van der Waals surface area contributed by atoms with Crippen molar-refractivity contribution in [1.29, 1.82) is 0 Å². The van der Waals surface area contributed by atoms with E-state index in [4.69, 9.17) is 11.6 Å². The fraction of sp³-hybridized carbons (Fsp3) is 0.625. The predicted octanol–water partition coefficient (Wildman–Crippen LogP) is 5.72. The third-order valence-electron chi connectivity index (χ3n) is 4.09. The van der Waals surface area contributed by atoms with Gasteiger partial charge in [0.15, 0.2) is 0 Å². The summed E-state index contributed by atoms with van der Waals surface area (Å²) in [6.07, 6.45) is 8.30. The molecule has 1 aromatic rings. The molecule has 3 heteroatoms. The van der Waals surface area contributed by atoms with Gasteiger partial charge in [-0.1, -0.05) is 56.7 Å². The lowest BCUT2D eigenvalue weighted by Crippen LogP contribution is -2.24. The second-order valence-electron chi connectivity index (χ2n) is 5.52. The number of halogens is 2. The number of hydrogen-bond acceptors (Lipinski definition) is 1. The van der Waals surface area contributed by atoms with E-state index in [1.165, 1.54) is 44.1 Å². The zero-order valence-electron chi connectivity index (χ0n) is 11.6. The van der Waals surface area contributed by atoms with E-state index in [9.17, 15) is 0 Å². The van der Waals surface area contributed by atoms with Crippen molar-refractivity contribution < 1.29 is 0 Å². The minimum atomic E-state index is 0.460. The van der Waals surface area contributed by atoms with Crippen molar-refractivity contribution in [2.45, 2.75) is 51.5 Å². The van der Waals surface area contributed by atoms with Crippen LogP contribution in [0.25, 0.3) is 0 Å². The molecule has 0 aromatic heterocycles. The normalized spacial score (nSPS) is 18.5. The van der Waals surface area contributed by atoms with E-state index < -0.39 is 0 Å². The molecule has 0 bridgehead atoms. The number of benzene rings is 1. The Balaban J connectivity index is 2.07. The highest BCUT2D eigenvalue weighted by atomic mass is 79.9. The summed E-state index contributed by atoms with van der Waals surface area (Å²) in [6, 6.07) is 6.77. The standard InChI is InChI=1S/C16H23BrClN/c1-2-19-16(10-12-6-4-3-5-7-12)13-8-9-15(18)14(17)11-13/h8-9,11-12,16,19H,2-7,10H2,1H3. The molecule has 1 unspecified atom stereocenters. The van der Waals surface area contributed by atoms with Gasteiger partial charge in [0.05, 0.1) is 5.02 Å². The van der Waals surface area contributed by atoms with Gasteiger partial charge in [0.1, 0.15) is 0 Å². The van der Waals surface area contributed by atoms with Crippen LogP contribution >= 0.6 is 27.5 Å². The van der Waals surface area contributed by atoms with Crippen LogP contribution in [0.15, 0.2) is 22.7 Å². The van der Waals surface area contributed by atoms with Gasteiger partial charge in [0, 0.05) is 10.5 Å². The topological polar surface area (TPSA) is 12.0 Å². The Hall–Kier alpha value is -0.0500. The Labute approximate surface area is 130 Å². The maximum Gasteiger partial charge on any atom is 0.0548 e. The van der Waals surface area contributed by atoms with Crippen molar-refractivity contribution in [3.63, 3.8) is 0 Å². The first-order valence-electron chi connectivity index (χ1n) is 7.39. The Kier molecular flexibility index (Phi) is 6.18. The van der Waals surface area contributed by atoms with Crippen molar-refractivity contribution in [3.05, 3.63) is 33.3 Å². The first kappa shape index (κ1) is 15.3. The summed E-state index contributed by atoms with van der Waals surface area (Å²) < 4.78 is 0.998. The van der Waals surface area contributed by atoms with E-state index in [-0.39, 0.29) is 0 Å². The lowest BCUT2D eigenvalue weighted by atomic mass is 9.83. The maximum atomic E-state index is 6.09. The number of hydrogen-bond donors (Lipinski definition) is 1. The highest BCUT2D eigenvalue weighted by Gasteiger charge is 2.20. The highest BCUT2D eigenvalue weighted by Crippen LogP contribution is 2.33. The van der Waals surface area contributed by atoms with Crippen molar-refractivity contribution >= 4 is 27.5 Å². The quantitative estimate of drug-likeness (QED) is 0.720. The SMILES string of the molecule is CCNC(CC1CCCCC1)c1ccc(Cl)c(Br)c1. The van der Waals surface area contributed by atoms with Crippen LogP contribution < -0.4 is 5.32 Å². The zero-order chi connectivity index (χ0) is 13.7. The third-order valence-corrected chi connectivity index (χ3v) is 5.30. The molecule has 0 spiro atoms. The van der Waals surface area contributed by atoms with E-state index in [0.717, 1.165) is 22.0 Å². The van der Waals surface area contributed by atoms with Crippen LogP contribution in [-0.2, 0) is 0 Å². The molecule has 1 nitrogen and oxygen atoms in total. The fourth-order valence-electron chi connectivity index (χ4n) is 3.07. The van der Waals surface area contributed by atoms with Crippen LogP contribution in [0.4, 0.5) is 0 Å². The molecule has 2 rings (SSSR count). The molecule has 1 aliphatic carbocycles. The van der Waals surface area contributed by atoms with Crippen LogP contribution in [0.1, 0.15) is 57.1 Å². The van der Waals surface area contributed by atoms with Gasteiger partial charge in [-0.05, 0) is 52.5 Å². The van der Waals surface area contributed by atoms with Crippen molar-refractivity contribution in [2.75, 3.05) is 6.54 Å². The van der Waals surface area contributed by atoms with E-state index >= 15 is 0 Å². The van der Waals surface area contributed by atoms with Gasteiger partial charge in [-0.15, -0.1) is 0 Å². The highest BCUT2D eigenvalue weighted by molar-refractivity contribution is 9.10. The van der Waals surface area contributed by atoms with Gasteiger partial charge in [0.25, 0.3) is 0 Å².